The number of ether oxygens (including phenoxy) is 1. The van der Waals surface area contributed by atoms with Gasteiger partial charge in [0.05, 0.1) is 6.61 Å². The van der Waals surface area contributed by atoms with Gasteiger partial charge in [-0.15, -0.1) is 10.2 Å². The summed E-state index contributed by atoms with van der Waals surface area (Å²) in [4.78, 5) is 11.9. The molecule has 0 amide bonds. The van der Waals surface area contributed by atoms with Gasteiger partial charge in [0.1, 0.15) is 11.3 Å². The highest BCUT2D eigenvalue weighted by Gasteiger charge is 2.36. The molecular weight excluding hydrogens is 319 g/mol. The first kappa shape index (κ1) is 16.6. The van der Waals surface area contributed by atoms with Crippen LogP contribution in [0.1, 0.15) is 36.8 Å². The zero-order valence-corrected chi connectivity index (χ0v) is 13.0. The zero-order valence-electron chi connectivity index (χ0n) is 12.1. The highest BCUT2D eigenvalue weighted by Crippen LogP contribution is 2.33. The Morgan fingerprint density at radius 2 is 2.05 bits per heavy atom. The minimum Gasteiger partial charge on any atom is -0.462 e. The van der Waals surface area contributed by atoms with Crippen molar-refractivity contribution < 1.29 is 22.7 Å². The van der Waals surface area contributed by atoms with E-state index < -0.39 is 17.8 Å². The predicted octanol–water partition coefficient (Wildman–Crippen LogP) is 3.43. The molecular formula is C13H14F3N3O2S. The van der Waals surface area contributed by atoms with E-state index in [0.29, 0.717) is 0 Å². The molecule has 0 spiro atoms. The number of thioether (sulfide) groups is 1. The summed E-state index contributed by atoms with van der Waals surface area (Å²) in [5, 5.41) is 7.62. The molecule has 0 N–H and O–H groups in total. The molecule has 0 bridgehead atoms. The van der Waals surface area contributed by atoms with Gasteiger partial charge in [0.15, 0.2) is 10.8 Å². The lowest BCUT2D eigenvalue weighted by molar-refractivity contribution is -0.142. The first-order valence-corrected chi connectivity index (χ1v) is 7.42. The van der Waals surface area contributed by atoms with E-state index in [-0.39, 0.29) is 28.2 Å². The van der Waals surface area contributed by atoms with Crippen molar-refractivity contribution in [2.75, 3.05) is 6.61 Å². The number of aromatic nitrogens is 3. The van der Waals surface area contributed by atoms with Crippen LogP contribution in [0.3, 0.4) is 0 Å². The third kappa shape index (κ3) is 3.18. The topological polar surface area (TPSA) is 56.5 Å². The molecule has 0 aromatic carbocycles. The second-order valence-corrected chi connectivity index (χ2v) is 6.20. The van der Waals surface area contributed by atoms with E-state index in [9.17, 15) is 18.0 Å². The van der Waals surface area contributed by atoms with Crippen LogP contribution < -0.4 is 0 Å². The number of fused-ring (bicyclic) bond motifs is 1. The average Bonchev–Trinajstić information content (AvgIpc) is 2.80. The van der Waals surface area contributed by atoms with Crippen LogP contribution in [0.25, 0.3) is 5.65 Å². The van der Waals surface area contributed by atoms with Crippen molar-refractivity contribution in [3.63, 3.8) is 0 Å². The number of hydrogen-bond donors (Lipinski definition) is 0. The van der Waals surface area contributed by atoms with Crippen molar-refractivity contribution in [1.29, 1.82) is 0 Å². The van der Waals surface area contributed by atoms with Crippen molar-refractivity contribution in [3.8, 4) is 0 Å². The van der Waals surface area contributed by atoms with Gasteiger partial charge in [-0.2, -0.15) is 13.2 Å². The summed E-state index contributed by atoms with van der Waals surface area (Å²) < 4.78 is 45.3. The van der Waals surface area contributed by atoms with E-state index in [1.54, 1.807) is 6.92 Å². The third-order valence-corrected chi connectivity index (χ3v) is 3.60. The molecule has 0 fully saturated rings. The summed E-state index contributed by atoms with van der Waals surface area (Å²) in [6.45, 7) is 5.39. The van der Waals surface area contributed by atoms with Crippen LogP contribution in [0.15, 0.2) is 17.3 Å². The van der Waals surface area contributed by atoms with Crippen LogP contribution in [0.5, 0.6) is 0 Å². The molecule has 9 heteroatoms. The third-order valence-electron chi connectivity index (χ3n) is 2.65. The molecule has 0 radical (unpaired) electrons. The van der Waals surface area contributed by atoms with Gasteiger partial charge >= 0.3 is 12.1 Å². The van der Waals surface area contributed by atoms with E-state index in [0.717, 1.165) is 28.3 Å². The maximum atomic E-state index is 13.2. The van der Waals surface area contributed by atoms with Gasteiger partial charge in [-0.25, -0.2) is 4.79 Å². The van der Waals surface area contributed by atoms with Gasteiger partial charge in [0.2, 0.25) is 0 Å². The fraction of sp³-hybridized carbons (Fsp3) is 0.462. The fourth-order valence-electron chi connectivity index (χ4n) is 1.85. The fourth-order valence-corrected chi connectivity index (χ4v) is 2.65. The van der Waals surface area contributed by atoms with Crippen molar-refractivity contribution in [2.24, 2.45) is 0 Å². The number of rotatable bonds is 4. The summed E-state index contributed by atoms with van der Waals surface area (Å²) in [7, 11) is 0. The smallest absolute Gasteiger partial charge is 0.431 e. The molecule has 0 aliphatic heterocycles. The highest BCUT2D eigenvalue weighted by atomic mass is 32.2. The van der Waals surface area contributed by atoms with Gasteiger partial charge in [-0.3, -0.25) is 4.40 Å². The molecule has 5 nitrogen and oxygen atoms in total. The summed E-state index contributed by atoms with van der Waals surface area (Å²) in [5.41, 5.74) is -1.13. The van der Waals surface area contributed by atoms with Gasteiger partial charge in [0, 0.05) is 5.25 Å². The summed E-state index contributed by atoms with van der Waals surface area (Å²) in [6.07, 6.45) is -4.58. The Labute approximate surface area is 128 Å². The number of alkyl halides is 3. The van der Waals surface area contributed by atoms with Crippen LogP contribution in [-0.4, -0.2) is 32.4 Å². The highest BCUT2D eigenvalue weighted by molar-refractivity contribution is 7.99. The van der Waals surface area contributed by atoms with E-state index in [1.807, 2.05) is 13.8 Å². The second kappa shape index (κ2) is 6.15. The Balaban J connectivity index is 2.69. The number of carbonyl (C=O) groups excluding carboxylic acids is 1. The first-order chi connectivity index (χ1) is 10.3. The molecule has 0 saturated heterocycles. The van der Waals surface area contributed by atoms with Crippen molar-refractivity contribution in [2.45, 2.75) is 37.4 Å². The van der Waals surface area contributed by atoms with E-state index in [4.69, 9.17) is 4.74 Å². The largest absolute Gasteiger partial charge is 0.462 e. The number of pyridine rings is 1. The van der Waals surface area contributed by atoms with Crippen molar-refractivity contribution >= 4 is 23.4 Å². The maximum Gasteiger partial charge on any atom is 0.431 e. The summed E-state index contributed by atoms with van der Waals surface area (Å²) in [5.74, 6) is -0.727. The minimum absolute atomic E-state index is 0.0136. The van der Waals surface area contributed by atoms with Crippen molar-refractivity contribution in [3.05, 3.63) is 23.4 Å². The number of nitrogens with zero attached hydrogens (tertiary/aromatic N) is 3. The van der Waals surface area contributed by atoms with Crippen molar-refractivity contribution in [1.82, 2.24) is 14.6 Å². The van der Waals surface area contributed by atoms with Crippen LogP contribution in [0.4, 0.5) is 13.2 Å². The number of esters is 1. The summed E-state index contributed by atoms with van der Waals surface area (Å²) in [6, 6.07) is 1.90. The summed E-state index contributed by atoms with van der Waals surface area (Å²) >= 11 is 1.14. The van der Waals surface area contributed by atoms with E-state index in [1.165, 1.54) is 0 Å². The molecule has 0 atom stereocenters. The predicted molar refractivity (Wildman–Crippen MR) is 74.9 cm³/mol. The number of halogens is 3. The number of hydrogen-bond acceptors (Lipinski definition) is 5. The molecule has 2 heterocycles. The zero-order chi connectivity index (χ0) is 16.5. The lowest BCUT2D eigenvalue weighted by Gasteiger charge is -2.13. The molecule has 0 unspecified atom stereocenters. The SMILES string of the molecule is CCOC(=O)c1ccc(C(F)(F)F)n2c(SC(C)C)nnc12. The normalized spacial score (nSPS) is 12.1. The standard InChI is InChI=1S/C13H14F3N3O2S/c1-4-21-11(20)8-5-6-9(13(14,15)16)19-10(8)17-18-12(19)22-7(2)3/h5-7H,4H2,1-3H3. The lowest BCUT2D eigenvalue weighted by atomic mass is 10.2. The van der Waals surface area contributed by atoms with Gasteiger partial charge < -0.3 is 4.74 Å². The molecule has 2 rings (SSSR count). The van der Waals surface area contributed by atoms with E-state index >= 15 is 0 Å². The van der Waals surface area contributed by atoms with Crippen LogP contribution in [0.2, 0.25) is 0 Å². The molecule has 0 aliphatic carbocycles. The quantitative estimate of drug-likeness (QED) is 0.634. The Kier molecular flexibility index (Phi) is 4.64. The average molecular weight is 333 g/mol. The first-order valence-electron chi connectivity index (χ1n) is 6.54. The number of carbonyl (C=O) groups is 1. The van der Waals surface area contributed by atoms with Gasteiger partial charge in [-0.05, 0) is 19.1 Å². The van der Waals surface area contributed by atoms with Gasteiger partial charge in [0.25, 0.3) is 0 Å². The second-order valence-electron chi connectivity index (χ2n) is 4.66. The van der Waals surface area contributed by atoms with Crippen LogP contribution in [0, 0.1) is 0 Å². The molecule has 0 saturated carbocycles. The monoisotopic (exact) mass is 333 g/mol. The van der Waals surface area contributed by atoms with Crippen LogP contribution in [-0.2, 0) is 10.9 Å². The Hall–Kier alpha value is -1.77. The molecule has 120 valence electrons. The Morgan fingerprint density at radius 1 is 1.36 bits per heavy atom. The van der Waals surface area contributed by atoms with Gasteiger partial charge in [-0.1, -0.05) is 25.6 Å². The molecule has 0 aliphatic rings. The maximum absolute atomic E-state index is 13.2. The molecule has 22 heavy (non-hydrogen) atoms. The minimum atomic E-state index is -4.58. The van der Waals surface area contributed by atoms with E-state index in [2.05, 4.69) is 10.2 Å². The Bertz CT molecular complexity index is 698. The molecule has 2 aromatic rings. The van der Waals surface area contributed by atoms with Crippen LogP contribution >= 0.6 is 11.8 Å². The Morgan fingerprint density at radius 3 is 2.59 bits per heavy atom. The molecule has 2 aromatic heterocycles. The lowest BCUT2D eigenvalue weighted by Crippen LogP contribution is -2.15.